The van der Waals surface area contributed by atoms with Crippen LogP contribution >= 0.6 is 0 Å². The maximum atomic E-state index is 4.65. The molecule has 1 heterocycles. The zero-order valence-corrected chi connectivity index (χ0v) is 13.4. The van der Waals surface area contributed by atoms with Gasteiger partial charge in [0.1, 0.15) is 0 Å². The number of imidazole rings is 1. The number of rotatable bonds is 7. The van der Waals surface area contributed by atoms with Crippen molar-refractivity contribution in [2.24, 2.45) is 4.99 Å². The van der Waals surface area contributed by atoms with E-state index in [1.54, 1.807) is 6.20 Å². The molecule has 2 N–H and O–H groups in total. The van der Waals surface area contributed by atoms with Crippen molar-refractivity contribution in [1.82, 2.24) is 20.2 Å². The first-order valence-electron chi connectivity index (χ1n) is 7.82. The molecule has 0 fully saturated rings. The summed E-state index contributed by atoms with van der Waals surface area (Å²) in [6, 6.07) is 8.36. The molecule has 5 heteroatoms. The Morgan fingerprint density at radius 2 is 2.14 bits per heavy atom. The van der Waals surface area contributed by atoms with Crippen LogP contribution in [0, 0.1) is 6.92 Å². The van der Waals surface area contributed by atoms with E-state index in [2.05, 4.69) is 63.3 Å². The first-order chi connectivity index (χ1) is 10.8. The second-order valence-corrected chi connectivity index (χ2v) is 5.20. The summed E-state index contributed by atoms with van der Waals surface area (Å²) in [6.07, 6.45) is 6.67. The van der Waals surface area contributed by atoms with Gasteiger partial charge in [0.05, 0.1) is 12.9 Å². The van der Waals surface area contributed by atoms with Gasteiger partial charge in [-0.25, -0.2) is 9.98 Å². The Morgan fingerprint density at radius 1 is 1.27 bits per heavy atom. The molecule has 0 saturated carbocycles. The van der Waals surface area contributed by atoms with Crippen molar-refractivity contribution in [3.8, 4) is 0 Å². The predicted octanol–water partition coefficient (Wildman–Crippen LogP) is 2.34. The highest BCUT2D eigenvalue weighted by Crippen LogP contribution is 2.07. The van der Waals surface area contributed by atoms with E-state index >= 15 is 0 Å². The van der Waals surface area contributed by atoms with Crippen molar-refractivity contribution in [2.45, 2.75) is 33.4 Å². The maximum Gasteiger partial charge on any atom is 0.191 e. The van der Waals surface area contributed by atoms with E-state index in [-0.39, 0.29) is 0 Å². The summed E-state index contributed by atoms with van der Waals surface area (Å²) >= 11 is 0. The topological polar surface area (TPSA) is 54.2 Å². The van der Waals surface area contributed by atoms with E-state index in [1.165, 1.54) is 11.1 Å². The van der Waals surface area contributed by atoms with Crippen LogP contribution in [0.25, 0.3) is 0 Å². The minimum atomic E-state index is 0.698. The van der Waals surface area contributed by atoms with Gasteiger partial charge in [-0.3, -0.25) is 0 Å². The van der Waals surface area contributed by atoms with Crippen LogP contribution in [-0.2, 0) is 13.1 Å². The third-order valence-electron chi connectivity index (χ3n) is 3.46. The van der Waals surface area contributed by atoms with Crippen LogP contribution in [0.5, 0.6) is 0 Å². The smallest absolute Gasteiger partial charge is 0.191 e. The Kier molecular flexibility index (Phi) is 6.48. The highest BCUT2D eigenvalue weighted by atomic mass is 15.2. The number of benzene rings is 1. The molecule has 2 aromatic rings. The van der Waals surface area contributed by atoms with E-state index in [0.717, 1.165) is 32.0 Å². The Labute approximate surface area is 132 Å². The lowest BCUT2D eigenvalue weighted by Crippen LogP contribution is -2.38. The quantitative estimate of drug-likeness (QED) is 0.469. The molecule has 1 aromatic carbocycles. The highest BCUT2D eigenvalue weighted by molar-refractivity contribution is 5.79. The average Bonchev–Trinajstić information content (AvgIpc) is 3.03. The summed E-state index contributed by atoms with van der Waals surface area (Å²) < 4.78 is 2.08. The minimum absolute atomic E-state index is 0.698. The van der Waals surface area contributed by atoms with Gasteiger partial charge in [-0.15, -0.1) is 0 Å². The van der Waals surface area contributed by atoms with Crippen LogP contribution in [0.3, 0.4) is 0 Å². The molecule has 0 unspecified atom stereocenters. The minimum Gasteiger partial charge on any atom is -0.357 e. The third-order valence-corrected chi connectivity index (χ3v) is 3.46. The number of hydrogen-bond acceptors (Lipinski definition) is 2. The Bertz CT molecular complexity index is 574. The number of aliphatic imine (C=N–C) groups is 1. The van der Waals surface area contributed by atoms with Gasteiger partial charge in [0, 0.05) is 32.0 Å². The number of aryl methyl sites for hydroxylation is 2. The van der Waals surface area contributed by atoms with Crippen molar-refractivity contribution < 1.29 is 0 Å². The van der Waals surface area contributed by atoms with Crippen LogP contribution in [0.1, 0.15) is 24.5 Å². The fraction of sp³-hybridized carbons (Fsp3) is 0.412. The molecule has 0 bridgehead atoms. The number of guanidine groups is 1. The third kappa shape index (κ3) is 5.24. The monoisotopic (exact) mass is 299 g/mol. The van der Waals surface area contributed by atoms with E-state index in [0.29, 0.717) is 6.54 Å². The van der Waals surface area contributed by atoms with Gasteiger partial charge in [-0.2, -0.15) is 0 Å². The number of nitrogens with zero attached hydrogens (tertiary/aromatic N) is 3. The van der Waals surface area contributed by atoms with Crippen molar-refractivity contribution in [3.05, 3.63) is 54.1 Å². The highest BCUT2D eigenvalue weighted by Gasteiger charge is 1.99. The number of hydrogen-bond donors (Lipinski definition) is 2. The standard InChI is InChI=1S/C17H25N5/c1-3-19-17(20-9-6-11-22-12-10-18-14-22)21-13-16-8-5-4-7-15(16)2/h4-5,7-8,10,12,14H,3,6,9,11,13H2,1-2H3,(H2,19,20,21). The Hall–Kier alpha value is -2.30. The molecule has 0 radical (unpaired) electrons. The maximum absolute atomic E-state index is 4.65. The van der Waals surface area contributed by atoms with E-state index < -0.39 is 0 Å². The second kappa shape index (κ2) is 8.87. The van der Waals surface area contributed by atoms with Gasteiger partial charge in [-0.1, -0.05) is 24.3 Å². The normalized spacial score (nSPS) is 11.5. The molecule has 0 amide bonds. The van der Waals surface area contributed by atoms with Crippen LogP contribution < -0.4 is 10.6 Å². The number of aromatic nitrogens is 2. The van der Waals surface area contributed by atoms with Crippen molar-refractivity contribution >= 4 is 5.96 Å². The summed E-state index contributed by atoms with van der Waals surface area (Å²) in [6.45, 7) is 7.61. The molecule has 2 rings (SSSR count). The predicted molar refractivity (Wildman–Crippen MR) is 90.8 cm³/mol. The van der Waals surface area contributed by atoms with Crippen LogP contribution in [0.4, 0.5) is 0 Å². The summed E-state index contributed by atoms with van der Waals surface area (Å²) in [7, 11) is 0. The van der Waals surface area contributed by atoms with Gasteiger partial charge in [0.25, 0.3) is 0 Å². The first kappa shape index (κ1) is 16.1. The zero-order valence-electron chi connectivity index (χ0n) is 13.4. The first-order valence-corrected chi connectivity index (χ1v) is 7.82. The fourth-order valence-electron chi connectivity index (χ4n) is 2.18. The van der Waals surface area contributed by atoms with Gasteiger partial charge in [-0.05, 0) is 31.4 Å². The molecule has 0 saturated heterocycles. The van der Waals surface area contributed by atoms with Gasteiger partial charge < -0.3 is 15.2 Å². The lowest BCUT2D eigenvalue weighted by atomic mass is 10.1. The van der Waals surface area contributed by atoms with E-state index in [4.69, 9.17) is 0 Å². The molecule has 118 valence electrons. The van der Waals surface area contributed by atoms with Crippen molar-refractivity contribution in [3.63, 3.8) is 0 Å². The zero-order chi connectivity index (χ0) is 15.6. The van der Waals surface area contributed by atoms with Crippen molar-refractivity contribution in [1.29, 1.82) is 0 Å². The van der Waals surface area contributed by atoms with E-state index in [1.807, 2.05) is 12.5 Å². The molecule has 1 aromatic heterocycles. The summed E-state index contributed by atoms with van der Waals surface area (Å²) in [5.74, 6) is 0.872. The van der Waals surface area contributed by atoms with Gasteiger partial charge >= 0.3 is 0 Å². The van der Waals surface area contributed by atoms with Crippen molar-refractivity contribution in [2.75, 3.05) is 13.1 Å². The molecule has 22 heavy (non-hydrogen) atoms. The van der Waals surface area contributed by atoms with Crippen LogP contribution in [0.15, 0.2) is 48.0 Å². The summed E-state index contributed by atoms with van der Waals surface area (Å²) in [5.41, 5.74) is 2.54. The second-order valence-electron chi connectivity index (χ2n) is 5.20. The molecule has 5 nitrogen and oxygen atoms in total. The molecular weight excluding hydrogens is 274 g/mol. The van der Waals surface area contributed by atoms with Crippen LogP contribution in [0.2, 0.25) is 0 Å². The number of nitrogens with one attached hydrogen (secondary N) is 2. The molecular formula is C17H25N5. The largest absolute Gasteiger partial charge is 0.357 e. The SMILES string of the molecule is CCNC(=NCc1ccccc1C)NCCCn1ccnc1. The van der Waals surface area contributed by atoms with Crippen LogP contribution in [-0.4, -0.2) is 28.6 Å². The molecule has 0 aliphatic carbocycles. The Balaban J connectivity index is 1.80. The molecule has 0 atom stereocenters. The fourth-order valence-corrected chi connectivity index (χ4v) is 2.18. The lowest BCUT2D eigenvalue weighted by molar-refractivity contribution is 0.624. The van der Waals surface area contributed by atoms with Gasteiger partial charge in [0.2, 0.25) is 0 Å². The summed E-state index contributed by atoms with van der Waals surface area (Å²) in [5, 5.41) is 6.66. The molecule has 0 aliphatic rings. The summed E-state index contributed by atoms with van der Waals surface area (Å²) in [4.78, 5) is 8.70. The Morgan fingerprint density at radius 3 is 2.86 bits per heavy atom. The average molecular weight is 299 g/mol. The lowest BCUT2D eigenvalue weighted by Gasteiger charge is -2.12. The molecule has 0 spiro atoms. The van der Waals surface area contributed by atoms with E-state index in [9.17, 15) is 0 Å². The van der Waals surface area contributed by atoms with Gasteiger partial charge in [0.15, 0.2) is 5.96 Å². The molecule has 0 aliphatic heterocycles.